The monoisotopic (exact) mass is 167 g/mol. The van der Waals surface area contributed by atoms with Gasteiger partial charge in [0.1, 0.15) is 0 Å². The number of carbonyl (C=O) groups excluding carboxylic acids is 1. The summed E-state index contributed by atoms with van der Waals surface area (Å²) >= 11 is 0. The second kappa shape index (κ2) is 1.84. The van der Waals surface area contributed by atoms with E-state index in [0.717, 1.165) is 6.42 Å². The molecule has 2 aliphatic carbocycles. The fourth-order valence-electron chi connectivity index (χ4n) is 3.12. The van der Waals surface area contributed by atoms with Gasteiger partial charge in [0, 0.05) is 18.6 Å². The van der Waals surface area contributed by atoms with E-state index in [0.29, 0.717) is 17.3 Å². The van der Waals surface area contributed by atoms with E-state index in [1.165, 1.54) is 12.8 Å². The Morgan fingerprint density at radius 3 is 2.83 bits per heavy atom. The molecule has 2 N–H and O–H groups in total. The van der Waals surface area contributed by atoms with Gasteiger partial charge in [0.15, 0.2) is 0 Å². The van der Waals surface area contributed by atoms with Crippen molar-refractivity contribution in [3.63, 3.8) is 0 Å². The van der Waals surface area contributed by atoms with Gasteiger partial charge < -0.3 is 10.4 Å². The third-order valence-corrected chi connectivity index (χ3v) is 3.84. The van der Waals surface area contributed by atoms with E-state index >= 15 is 0 Å². The molecule has 1 spiro atoms. The van der Waals surface area contributed by atoms with Gasteiger partial charge in [0.25, 0.3) is 0 Å². The van der Waals surface area contributed by atoms with Crippen LogP contribution < -0.4 is 5.32 Å². The zero-order valence-electron chi connectivity index (χ0n) is 6.92. The lowest BCUT2D eigenvalue weighted by molar-refractivity contribution is -0.121. The summed E-state index contributed by atoms with van der Waals surface area (Å²) in [6.45, 7) is 0.199. The zero-order valence-corrected chi connectivity index (χ0v) is 6.92. The molecule has 3 fully saturated rings. The van der Waals surface area contributed by atoms with Crippen LogP contribution in [-0.4, -0.2) is 23.7 Å². The molecule has 12 heavy (non-hydrogen) atoms. The lowest BCUT2D eigenvalue weighted by Gasteiger charge is -2.13. The van der Waals surface area contributed by atoms with E-state index in [2.05, 4.69) is 5.32 Å². The molecule has 3 heteroatoms. The third kappa shape index (κ3) is 0.600. The van der Waals surface area contributed by atoms with E-state index in [-0.39, 0.29) is 18.6 Å². The minimum absolute atomic E-state index is 0.199. The van der Waals surface area contributed by atoms with Crippen LogP contribution in [0.25, 0.3) is 0 Å². The first-order chi connectivity index (χ1) is 5.79. The zero-order chi connectivity index (χ0) is 8.34. The highest BCUT2D eigenvalue weighted by Crippen LogP contribution is 2.77. The van der Waals surface area contributed by atoms with Crippen LogP contribution in [0.2, 0.25) is 0 Å². The van der Waals surface area contributed by atoms with Crippen LogP contribution in [0.3, 0.4) is 0 Å². The number of hydrogen-bond acceptors (Lipinski definition) is 2. The molecule has 66 valence electrons. The molecule has 3 nitrogen and oxygen atoms in total. The lowest BCUT2D eigenvalue weighted by atomic mass is 10.1. The van der Waals surface area contributed by atoms with Crippen LogP contribution in [-0.2, 0) is 4.79 Å². The first kappa shape index (κ1) is 6.89. The molecule has 1 aliphatic heterocycles. The Kier molecular flexibility index (Phi) is 1.06. The number of fused-ring (bicyclic) bond motifs is 3. The van der Waals surface area contributed by atoms with Crippen LogP contribution in [0.1, 0.15) is 19.3 Å². The third-order valence-electron chi connectivity index (χ3n) is 3.84. The van der Waals surface area contributed by atoms with Crippen molar-refractivity contribution in [1.82, 2.24) is 5.32 Å². The molecule has 0 radical (unpaired) electrons. The number of rotatable bonds is 2. The largest absolute Gasteiger partial charge is 0.396 e. The molecular formula is C9H13NO2. The standard InChI is InChI=1S/C9H13NO2/c11-4-1-5-6-7(8(12)10-5)9(6)2-3-9/h5-7,11H,1-4H2,(H,10,12)/t5-,6?,7?/m1/s1. The second-order valence-corrected chi connectivity index (χ2v) is 4.36. The maximum atomic E-state index is 11.4. The van der Waals surface area contributed by atoms with Crippen LogP contribution in [0.15, 0.2) is 0 Å². The number of piperidine rings is 1. The first-order valence-corrected chi connectivity index (χ1v) is 4.71. The number of hydrogen-bond donors (Lipinski definition) is 2. The molecule has 1 heterocycles. The second-order valence-electron chi connectivity index (χ2n) is 4.36. The molecule has 3 rings (SSSR count). The average Bonchev–Trinajstić information content (AvgIpc) is 2.89. The summed E-state index contributed by atoms with van der Waals surface area (Å²) in [5.41, 5.74) is 0.433. The maximum absolute atomic E-state index is 11.4. The maximum Gasteiger partial charge on any atom is 0.224 e. The minimum Gasteiger partial charge on any atom is -0.396 e. The quantitative estimate of drug-likeness (QED) is 0.603. The summed E-state index contributed by atoms with van der Waals surface area (Å²) in [5, 5.41) is 11.7. The molecule has 3 aliphatic rings. The molecule has 0 aromatic rings. The summed E-state index contributed by atoms with van der Waals surface area (Å²) in [6.07, 6.45) is 3.24. The fourth-order valence-corrected chi connectivity index (χ4v) is 3.12. The predicted molar refractivity (Wildman–Crippen MR) is 42.3 cm³/mol. The average molecular weight is 167 g/mol. The van der Waals surface area contributed by atoms with E-state index < -0.39 is 0 Å². The van der Waals surface area contributed by atoms with Gasteiger partial charge in [-0.05, 0) is 30.6 Å². The Balaban J connectivity index is 1.79. The predicted octanol–water partition coefficient (Wildman–Crippen LogP) is -0.107. The molecule has 1 saturated heterocycles. The number of aliphatic hydroxyl groups is 1. The molecule has 0 aromatic heterocycles. The van der Waals surface area contributed by atoms with Crippen molar-refractivity contribution in [2.75, 3.05) is 6.61 Å². The van der Waals surface area contributed by atoms with Crippen LogP contribution in [0.5, 0.6) is 0 Å². The van der Waals surface area contributed by atoms with Crippen LogP contribution in [0, 0.1) is 17.3 Å². The first-order valence-electron chi connectivity index (χ1n) is 4.71. The highest BCUT2D eigenvalue weighted by atomic mass is 16.3. The lowest BCUT2D eigenvalue weighted by Crippen LogP contribution is -2.33. The fraction of sp³-hybridized carbons (Fsp3) is 0.889. The van der Waals surface area contributed by atoms with Gasteiger partial charge >= 0.3 is 0 Å². The Morgan fingerprint density at radius 2 is 2.33 bits per heavy atom. The summed E-state index contributed by atoms with van der Waals surface area (Å²) in [6, 6.07) is 0.287. The van der Waals surface area contributed by atoms with Crippen LogP contribution >= 0.6 is 0 Å². The van der Waals surface area contributed by atoms with Gasteiger partial charge in [0.2, 0.25) is 5.91 Å². The van der Waals surface area contributed by atoms with Crippen molar-refractivity contribution >= 4 is 5.91 Å². The number of amides is 1. The number of nitrogens with one attached hydrogen (secondary N) is 1. The summed E-state index contributed by atoms with van der Waals surface area (Å²) < 4.78 is 0. The number of carbonyl (C=O) groups is 1. The van der Waals surface area contributed by atoms with Crippen LogP contribution in [0.4, 0.5) is 0 Å². The number of aliphatic hydroxyl groups excluding tert-OH is 1. The van der Waals surface area contributed by atoms with E-state index in [4.69, 9.17) is 5.11 Å². The van der Waals surface area contributed by atoms with Crippen molar-refractivity contribution in [3.05, 3.63) is 0 Å². The Hall–Kier alpha value is -0.570. The Labute approximate surface area is 71.1 Å². The van der Waals surface area contributed by atoms with Gasteiger partial charge in [-0.25, -0.2) is 0 Å². The Morgan fingerprint density at radius 1 is 1.58 bits per heavy atom. The van der Waals surface area contributed by atoms with Crippen molar-refractivity contribution in [2.24, 2.45) is 17.3 Å². The van der Waals surface area contributed by atoms with Gasteiger partial charge in [-0.1, -0.05) is 0 Å². The van der Waals surface area contributed by atoms with Crippen molar-refractivity contribution < 1.29 is 9.90 Å². The van der Waals surface area contributed by atoms with Gasteiger partial charge in [0.05, 0.1) is 0 Å². The summed E-state index contributed by atoms with van der Waals surface area (Å²) in [7, 11) is 0. The highest BCUT2D eigenvalue weighted by Gasteiger charge is 2.79. The van der Waals surface area contributed by atoms with E-state index in [1.807, 2.05) is 0 Å². The van der Waals surface area contributed by atoms with Gasteiger partial charge in [-0.3, -0.25) is 4.79 Å². The molecule has 3 atom stereocenters. The molecule has 1 amide bonds. The topological polar surface area (TPSA) is 49.3 Å². The van der Waals surface area contributed by atoms with Gasteiger partial charge in [-0.15, -0.1) is 0 Å². The van der Waals surface area contributed by atoms with E-state index in [1.54, 1.807) is 0 Å². The minimum atomic E-state index is 0.199. The van der Waals surface area contributed by atoms with Gasteiger partial charge in [-0.2, -0.15) is 0 Å². The SMILES string of the molecule is O=C1N[C@H](CCO)C2C1C21CC1. The highest BCUT2D eigenvalue weighted by molar-refractivity contribution is 5.88. The van der Waals surface area contributed by atoms with Crippen molar-refractivity contribution in [3.8, 4) is 0 Å². The van der Waals surface area contributed by atoms with E-state index in [9.17, 15) is 4.79 Å². The summed E-state index contributed by atoms with van der Waals surface area (Å²) in [5.74, 6) is 1.15. The molecule has 2 saturated carbocycles. The molecular weight excluding hydrogens is 154 g/mol. The van der Waals surface area contributed by atoms with Crippen molar-refractivity contribution in [1.29, 1.82) is 0 Å². The molecule has 0 bridgehead atoms. The normalized spacial score (nSPS) is 45.8. The smallest absolute Gasteiger partial charge is 0.224 e. The van der Waals surface area contributed by atoms with Crippen molar-refractivity contribution in [2.45, 2.75) is 25.3 Å². The molecule has 2 unspecified atom stereocenters. The summed E-state index contributed by atoms with van der Waals surface area (Å²) in [4.78, 5) is 11.4. The Bertz CT molecular complexity index is 247. The molecule has 0 aromatic carbocycles.